The lowest BCUT2D eigenvalue weighted by atomic mass is 10.1. The van der Waals surface area contributed by atoms with Crippen LogP contribution in [0.1, 0.15) is 23.8 Å². The smallest absolute Gasteiger partial charge is 0.224 e. The van der Waals surface area contributed by atoms with Crippen LogP contribution in [0.3, 0.4) is 0 Å². The molecular formula is C15H17NOS. The van der Waals surface area contributed by atoms with Crippen molar-refractivity contribution in [2.75, 3.05) is 5.32 Å². The van der Waals surface area contributed by atoms with Gasteiger partial charge in [0.05, 0.1) is 0 Å². The van der Waals surface area contributed by atoms with Gasteiger partial charge in [0.2, 0.25) is 5.91 Å². The van der Waals surface area contributed by atoms with Gasteiger partial charge in [0.15, 0.2) is 0 Å². The average Bonchev–Trinajstić information content (AvgIpc) is 2.90. The topological polar surface area (TPSA) is 29.1 Å². The maximum Gasteiger partial charge on any atom is 0.224 e. The van der Waals surface area contributed by atoms with Crippen molar-refractivity contribution in [3.8, 4) is 0 Å². The average molecular weight is 259 g/mol. The Morgan fingerprint density at radius 1 is 1.28 bits per heavy atom. The Labute approximate surface area is 112 Å². The summed E-state index contributed by atoms with van der Waals surface area (Å²) in [6.07, 6.45) is 2.34. The van der Waals surface area contributed by atoms with E-state index in [0.717, 1.165) is 18.5 Å². The Bertz CT molecular complexity index is 505. The molecule has 0 unspecified atom stereocenters. The van der Waals surface area contributed by atoms with Crippen LogP contribution in [0.15, 0.2) is 41.8 Å². The van der Waals surface area contributed by atoms with Gasteiger partial charge in [-0.2, -0.15) is 0 Å². The number of benzene rings is 1. The summed E-state index contributed by atoms with van der Waals surface area (Å²) >= 11 is 1.70. The lowest BCUT2D eigenvalue weighted by Crippen LogP contribution is -2.12. The molecule has 0 aliphatic rings. The summed E-state index contributed by atoms with van der Waals surface area (Å²) in [6, 6.07) is 12.1. The van der Waals surface area contributed by atoms with Gasteiger partial charge in [0, 0.05) is 17.0 Å². The molecule has 2 rings (SSSR count). The third-order valence-electron chi connectivity index (χ3n) is 2.80. The molecule has 3 heteroatoms. The Hall–Kier alpha value is -1.61. The molecule has 2 aromatic rings. The minimum absolute atomic E-state index is 0.0802. The van der Waals surface area contributed by atoms with Crippen LogP contribution in [0, 0.1) is 0 Å². The largest absolute Gasteiger partial charge is 0.326 e. The van der Waals surface area contributed by atoms with Gasteiger partial charge in [-0.15, -0.1) is 11.3 Å². The predicted octanol–water partition coefficient (Wildman–Crippen LogP) is 3.88. The molecule has 0 radical (unpaired) electrons. The van der Waals surface area contributed by atoms with Crippen LogP contribution in [0.5, 0.6) is 0 Å². The molecule has 0 fully saturated rings. The molecule has 0 bridgehead atoms. The molecule has 1 amide bonds. The van der Waals surface area contributed by atoms with Gasteiger partial charge in [-0.25, -0.2) is 0 Å². The van der Waals surface area contributed by atoms with Gasteiger partial charge >= 0.3 is 0 Å². The van der Waals surface area contributed by atoms with E-state index in [-0.39, 0.29) is 5.91 Å². The third-order valence-corrected chi connectivity index (χ3v) is 3.73. The molecule has 18 heavy (non-hydrogen) atoms. The number of thiophene rings is 1. The summed E-state index contributed by atoms with van der Waals surface area (Å²) < 4.78 is 0. The summed E-state index contributed by atoms with van der Waals surface area (Å²) in [6.45, 7) is 2.11. The molecule has 1 aromatic heterocycles. The fourth-order valence-corrected chi connectivity index (χ4v) is 2.49. The molecule has 94 valence electrons. The minimum Gasteiger partial charge on any atom is -0.326 e. The van der Waals surface area contributed by atoms with Crippen LogP contribution < -0.4 is 5.32 Å². The molecule has 1 heterocycles. The maximum atomic E-state index is 11.8. The van der Waals surface area contributed by atoms with E-state index in [1.165, 1.54) is 10.4 Å². The first-order chi connectivity index (χ1) is 8.78. The summed E-state index contributed by atoms with van der Waals surface area (Å²) in [7, 11) is 0. The molecule has 0 saturated carbocycles. The zero-order chi connectivity index (χ0) is 12.8. The first kappa shape index (κ1) is 12.8. The highest BCUT2D eigenvalue weighted by molar-refractivity contribution is 7.09. The molecule has 0 spiro atoms. The normalized spacial score (nSPS) is 10.3. The van der Waals surface area contributed by atoms with Crippen LogP contribution >= 0.6 is 11.3 Å². The van der Waals surface area contributed by atoms with Crippen LogP contribution in [-0.4, -0.2) is 5.91 Å². The van der Waals surface area contributed by atoms with Crippen LogP contribution in [-0.2, 0) is 17.6 Å². The zero-order valence-corrected chi connectivity index (χ0v) is 11.3. The van der Waals surface area contributed by atoms with E-state index in [4.69, 9.17) is 0 Å². The van der Waals surface area contributed by atoms with E-state index >= 15 is 0 Å². The van der Waals surface area contributed by atoms with Crippen molar-refractivity contribution in [1.82, 2.24) is 0 Å². The van der Waals surface area contributed by atoms with Gasteiger partial charge in [-0.05, 0) is 42.0 Å². The lowest BCUT2D eigenvalue weighted by molar-refractivity contribution is -0.116. The molecule has 0 aliphatic heterocycles. The van der Waals surface area contributed by atoms with Crippen molar-refractivity contribution in [2.45, 2.75) is 26.2 Å². The highest BCUT2D eigenvalue weighted by Crippen LogP contribution is 2.14. The van der Waals surface area contributed by atoms with Gasteiger partial charge in [-0.1, -0.05) is 25.1 Å². The van der Waals surface area contributed by atoms with Crippen molar-refractivity contribution >= 4 is 22.9 Å². The predicted molar refractivity (Wildman–Crippen MR) is 77.1 cm³/mol. The number of rotatable bonds is 5. The number of hydrogen-bond acceptors (Lipinski definition) is 2. The van der Waals surface area contributed by atoms with Gasteiger partial charge in [0.1, 0.15) is 0 Å². The second kappa shape index (κ2) is 6.36. The first-order valence-electron chi connectivity index (χ1n) is 6.19. The minimum atomic E-state index is 0.0802. The third kappa shape index (κ3) is 3.70. The SMILES string of the molecule is CCc1cccc(NC(=O)CCc2cccs2)c1. The van der Waals surface area contributed by atoms with E-state index in [9.17, 15) is 4.79 Å². The fourth-order valence-electron chi connectivity index (χ4n) is 1.78. The number of hydrogen-bond donors (Lipinski definition) is 1. The van der Waals surface area contributed by atoms with Crippen LogP contribution in [0.2, 0.25) is 0 Å². The highest BCUT2D eigenvalue weighted by atomic mass is 32.1. The quantitative estimate of drug-likeness (QED) is 0.867. The summed E-state index contributed by atoms with van der Waals surface area (Å²) in [5.41, 5.74) is 2.14. The zero-order valence-electron chi connectivity index (χ0n) is 10.5. The molecule has 1 aromatic carbocycles. The van der Waals surface area contributed by atoms with Crippen LogP contribution in [0.25, 0.3) is 0 Å². The number of carbonyl (C=O) groups excluding carboxylic acids is 1. The van der Waals surface area contributed by atoms with Gasteiger partial charge in [-0.3, -0.25) is 4.79 Å². The summed E-state index contributed by atoms with van der Waals surface area (Å²) in [5.74, 6) is 0.0802. The fraction of sp³-hybridized carbons (Fsp3) is 0.267. The van der Waals surface area contributed by atoms with Gasteiger partial charge in [0.25, 0.3) is 0 Å². The van der Waals surface area contributed by atoms with Gasteiger partial charge < -0.3 is 5.32 Å². The van der Waals surface area contributed by atoms with E-state index < -0.39 is 0 Å². The molecule has 1 N–H and O–H groups in total. The van der Waals surface area contributed by atoms with Crippen LogP contribution in [0.4, 0.5) is 5.69 Å². The lowest BCUT2D eigenvalue weighted by Gasteiger charge is -2.06. The Morgan fingerprint density at radius 2 is 2.17 bits per heavy atom. The molecule has 0 aliphatic carbocycles. The summed E-state index contributed by atoms with van der Waals surface area (Å²) in [4.78, 5) is 13.1. The maximum absolute atomic E-state index is 11.8. The molecule has 0 atom stereocenters. The van der Waals surface area contributed by atoms with Crippen molar-refractivity contribution in [2.24, 2.45) is 0 Å². The summed E-state index contributed by atoms with van der Waals surface area (Å²) in [5, 5.41) is 4.98. The number of aryl methyl sites for hydroxylation is 2. The molecule has 0 saturated heterocycles. The number of amides is 1. The number of carbonyl (C=O) groups is 1. The van der Waals surface area contributed by atoms with Crippen molar-refractivity contribution in [3.63, 3.8) is 0 Å². The Kier molecular flexibility index (Phi) is 4.53. The van der Waals surface area contributed by atoms with Crippen molar-refractivity contribution < 1.29 is 4.79 Å². The second-order valence-electron chi connectivity index (χ2n) is 4.18. The van der Waals surface area contributed by atoms with Crippen molar-refractivity contribution in [3.05, 3.63) is 52.2 Å². The van der Waals surface area contributed by atoms with Crippen molar-refractivity contribution in [1.29, 1.82) is 0 Å². The molecular weight excluding hydrogens is 242 g/mol. The number of nitrogens with one attached hydrogen (secondary N) is 1. The first-order valence-corrected chi connectivity index (χ1v) is 7.07. The Balaban J connectivity index is 1.86. The van der Waals surface area contributed by atoms with E-state index in [1.807, 2.05) is 29.6 Å². The second-order valence-corrected chi connectivity index (χ2v) is 5.21. The molecule has 2 nitrogen and oxygen atoms in total. The van der Waals surface area contributed by atoms with E-state index in [0.29, 0.717) is 6.42 Å². The highest BCUT2D eigenvalue weighted by Gasteiger charge is 2.04. The van der Waals surface area contributed by atoms with E-state index in [2.05, 4.69) is 24.4 Å². The Morgan fingerprint density at radius 3 is 2.89 bits per heavy atom. The number of anilines is 1. The van der Waals surface area contributed by atoms with E-state index in [1.54, 1.807) is 11.3 Å². The monoisotopic (exact) mass is 259 g/mol. The standard InChI is InChI=1S/C15H17NOS/c1-2-12-5-3-6-13(11-12)16-15(17)9-8-14-7-4-10-18-14/h3-7,10-11H,2,8-9H2,1H3,(H,16,17).